The molecule has 0 aromatic carbocycles. The van der Waals surface area contributed by atoms with Crippen LogP contribution in [0, 0.1) is 5.92 Å². The molecular formula is C15H24N2O2. The molecule has 1 aromatic rings. The third-order valence-corrected chi connectivity index (χ3v) is 3.90. The van der Waals surface area contributed by atoms with Crippen molar-refractivity contribution in [1.29, 1.82) is 0 Å². The normalized spacial score (nSPS) is 25.0. The highest BCUT2D eigenvalue weighted by atomic mass is 16.5. The second-order valence-corrected chi connectivity index (χ2v) is 5.43. The second-order valence-electron chi connectivity index (χ2n) is 5.43. The fourth-order valence-electron chi connectivity index (χ4n) is 2.37. The molecule has 1 saturated carbocycles. The maximum absolute atomic E-state index is 8.80. The number of likely N-dealkylation sites (tertiary alicyclic amines) is 1. The predicted molar refractivity (Wildman–Crippen MR) is 75.5 cm³/mol. The van der Waals surface area contributed by atoms with E-state index < -0.39 is 0 Å². The highest BCUT2D eigenvalue weighted by molar-refractivity contribution is 5.30. The molecule has 2 fully saturated rings. The van der Waals surface area contributed by atoms with E-state index in [4.69, 9.17) is 9.84 Å². The molecule has 0 radical (unpaired) electrons. The lowest BCUT2D eigenvalue weighted by atomic mass is 10.1. The Hall–Kier alpha value is -1.13. The fourth-order valence-corrected chi connectivity index (χ4v) is 2.37. The van der Waals surface area contributed by atoms with Gasteiger partial charge in [-0.2, -0.15) is 0 Å². The molecule has 2 heterocycles. The molecule has 2 unspecified atom stereocenters. The van der Waals surface area contributed by atoms with E-state index in [1.807, 2.05) is 12.3 Å². The SMILES string of the molecule is CN1CCC1.COc1cncc(C2CC2CCO)c1. The van der Waals surface area contributed by atoms with Gasteiger partial charge >= 0.3 is 0 Å². The number of aromatic nitrogens is 1. The first-order chi connectivity index (χ1) is 9.24. The Kier molecular flexibility index (Phi) is 5.16. The summed E-state index contributed by atoms with van der Waals surface area (Å²) in [5, 5.41) is 8.80. The number of pyridine rings is 1. The van der Waals surface area contributed by atoms with Crippen LogP contribution in [0.2, 0.25) is 0 Å². The van der Waals surface area contributed by atoms with Gasteiger partial charge in [0.1, 0.15) is 5.75 Å². The zero-order valence-corrected chi connectivity index (χ0v) is 11.9. The van der Waals surface area contributed by atoms with Crippen LogP contribution in [0.15, 0.2) is 18.5 Å². The summed E-state index contributed by atoms with van der Waals surface area (Å²) in [7, 11) is 3.79. The van der Waals surface area contributed by atoms with Crippen molar-refractivity contribution >= 4 is 0 Å². The van der Waals surface area contributed by atoms with Crippen molar-refractivity contribution in [3.05, 3.63) is 24.0 Å². The van der Waals surface area contributed by atoms with E-state index in [1.54, 1.807) is 13.3 Å². The van der Waals surface area contributed by atoms with Gasteiger partial charge in [-0.25, -0.2) is 0 Å². The molecule has 0 amide bonds. The molecular weight excluding hydrogens is 240 g/mol. The molecule has 1 aliphatic carbocycles. The Morgan fingerprint density at radius 2 is 2.16 bits per heavy atom. The van der Waals surface area contributed by atoms with Crippen LogP contribution in [0.3, 0.4) is 0 Å². The van der Waals surface area contributed by atoms with Crippen molar-refractivity contribution in [2.45, 2.75) is 25.2 Å². The molecule has 1 N–H and O–H groups in total. The highest BCUT2D eigenvalue weighted by Gasteiger charge is 2.37. The van der Waals surface area contributed by atoms with Gasteiger partial charge in [0.05, 0.1) is 13.3 Å². The summed E-state index contributed by atoms with van der Waals surface area (Å²) < 4.78 is 5.12. The summed E-state index contributed by atoms with van der Waals surface area (Å²) in [6.07, 6.45) is 7.10. The van der Waals surface area contributed by atoms with Crippen molar-refractivity contribution in [3.8, 4) is 5.75 Å². The number of aliphatic hydroxyl groups excluding tert-OH is 1. The van der Waals surface area contributed by atoms with Crippen LogP contribution in [0.25, 0.3) is 0 Å². The second kappa shape index (κ2) is 6.87. The lowest BCUT2D eigenvalue weighted by Crippen LogP contribution is -2.32. The Balaban J connectivity index is 0.000000224. The number of aliphatic hydroxyl groups is 1. The third-order valence-electron chi connectivity index (χ3n) is 3.90. The third kappa shape index (κ3) is 4.18. The molecule has 19 heavy (non-hydrogen) atoms. The van der Waals surface area contributed by atoms with Gasteiger partial charge in [-0.3, -0.25) is 4.98 Å². The fraction of sp³-hybridized carbons (Fsp3) is 0.667. The summed E-state index contributed by atoms with van der Waals surface area (Å²) in [6.45, 7) is 2.93. The predicted octanol–water partition coefficient (Wildman–Crippen LogP) is 1.90. The van der Waals surface area contributed by atoms with Gasteiger partial charge in [0, 0.05) is 12.8 Å². The van der Waals surface area contributed by atoms with Gasteiger partial charge in [0.2, 0.25) is 0 Å². The maximum Gasteiger partial charge on any atom is 0.137 e. The van der Waals surface area contributed by atoms with Gasteiger partial charge in [0.25, 0.3) is 0 Å². The monoisotopic (exact) mass is 264 g/mol. The van der Waals surface area contributed by atoms with Crippen molar-refractivity contribution < 1.29 is 9.84 Å². The van der Waals surface area contributed by atoms with E-state index >= 15 is 0 Å². The number of ether oxygens (including phenoxy) is 1. The van der Waals surface area contributed by atoms with E-state index in [-0.39, 0.29) is 0 Å². The molecule has 4 nitrogen and oxygen atoms in total. The van der Waals surface area contributed by atoms with Crippen LogP contribution < -0.4 is 4.74 Å². The molecule has 1 aromatic heterocycles. The van der Waals surface area contributed by atoms with Crippen molar-refractivity contribution in [2.75, 3.05) is 33.9 Å². The number of methoxy groups -OCH3 is 1. The topological polar surface area (TPSA) is 45.6 Å². The first kappa shape index (κ1) is 14.3. The van der Waals surface area contributed by atoms with Gasteiger partial charge in [-0.15, -0.1) is 0 Å². The van der Waals surface area contributed by atoms with E-state index in [9.17, 15) is 0 Å². The standard InChI is InChI=1S/C11H15NO2.C4H9N/c1-14-10-4-9(6-12-7-10)11-5-8(11)2-3-13;1-5-3-2-4-5/h4,6-8,11,13H,2-3,5H2,1H3;2-4H2,1H3. The van der Waals surface area contributed by atoms with Crippen LogP contribution >= 0.6 is 0 Å². The molecule has 2 aliphatic rings. The molecule has 1 saturated heterocycles. The van der Waals surface area contributed by atoms with Crippen LogP contribution in [-0.4, -0.2) is 48.8 Å². The average molecular weight is 264 g/mol. The minimum Gasteiger partial charge on any atom is -0.495 e. The lowest BCUT2D eigenvalue weighted by Gasteiger charge is -2.24. The Labute approximate surface area is 115 Å². The zero-order valence-electron chi connectivity index (χ0n) is 11.9. The van der Waals surface area contributed by atoms with E-state index in [0.717, 1.165) is 12.2 Å². The minimum atomic E-state index is 0.290. The van der Waals surface area contributed by atoms with Gasteiger partial charge in [0.15, 0.2) is 0 Å². The minimum absolute atomic E-state index is 0.290. The summed E-state index contributed by atoms with van der Waals surface area (Å²) in [4.78, 5) is 6.43. The van der Waals surface area contributed by atoms with Crippen molar-refractivity contribution in [3.63, 3.8) is 0 Å². The molecule has 0 spiro atoms. The van der Waals surface area contributed by atoms with Crippen LogP contribution in [0.5, 0.6) is 5.75 Å². The first-order valence-corrected chi connectivity index (χ1v) is 7.03. The zero-order chi connectivity index (χ0) is 13.7. The quantitative estimate of drug-likeness (QED) is 0.902. The first-order valence-electron chi connectivity index (χ1n) is 7.03. The summed E-state index contributed by atoms with van der Waals surface area (Å²) in [6, 6.07) is 2.04. The summed E-state index contributed by atoms with van der Waals surface area (Å²) in [5.74, 6) is 2.05. The van der Waals surface area contributed by atoms with Crippen LogP contribution in [0.4, 0.5) is 0 Å². The summed E-state index contributed by atoms with van der Waals surface area (Å²) >= 11 is 0. The average Bonchev–Trinajstić information content (AvgIpc) is 3.17. The van der Waals surface area contributed by atoms with Gasteiger partial charge < -0.3 is 14.7 Å². The number of rotatable bonds is 4. The van der Waals surface area contributed by atoms with Crippen LogP contribution in [-0.2, 0) is 0 Å². The molecule has 3 rings (SSSR count). The molecule has 1 aliphatic heterocycles. The highest BCUT2D eigenvalue weighted by Crippen LogP contribution is 2.49. The Bertz CT molecular complexity index is 393. The van der Waals surface area contributed by atoms with E-state index in [2.05, 4.69) is 16.9 Å². The number of hydrogen-bond donors (Lipinski definition) is 1. The Morgan fingerprint density at radius 1 is 1.42 bits per heavy atom. The van der Waals surface area contributed by atoms with Gasteiger partial charge in [-0.1, -0.05) is 0 Å². The van der Waals surface area contributed by atoms with Gasteiger partial charge in [-0.05, 0) is 62.9 Å². The van der Waals surface area contributed by atoms with Crippen LogP contribution in [0.1, 0.15) is 30.7 Å². The smallest absolute Gasteiger partial charge is 0.137 e. The van der Waals surface area contributed by atoms with E-state index in [0.29, 0.717) is 18.4 Å². The molecule has 2 atom stereocenters. The van der Waals surface area contributed by atoms with E-state index in [1.165, 1.54) is 31.5 Å². The number of hydrogen-bond acceptors (Lipinski definition) is 4. The molecule has 106 valence electrons. The summed E-state index contributed by atoms with van der Waals surface area (Å²) in [5.41, 5.74) is 1.24. The maximum atomic E-state index is 8.80. The largest absolute Gasteiger partial charge is 0.495 e. The Morgan fingerprint density at radius 3 is 2.68 bits per heavy atom. The van der Waals surface area contributed by atoms with Crippen molar-refractivity contribution in [1.82, 2.24) is 9.88 Å². The number of nitrogens with zero attached hydrogens (tertiary/aromatic N) is 2. The lowest BCUT2D eigenvalue weighted by molar-refractivity contribution is 0.229. The molecule has 0 bridgehead atoms. The van der Waals surface area contributed by atoms with Crippen molar-refractivity contribution in [2.24, 2.45) is 5.92 Å². The molecule has 4 heteroatoms.